The molecule has 1 atom stereocenters. The standard InChI is InChI=1S/C30H26ClN3O3/c1-21(35)29-32-34(26-11-7-4-8-12-26)30(33(29)25-9-5-3-6-10-25)23-15-18-27(28(19-23)36-2)37-20-22-13-16-24(31)17-14-22/h3-19,30H,20H2,1-2H3. The Morgan fingerprint density at radius 3 is 2.14 bits per heavy atom. The van der Waals surface area contributed by atoms with Gasteiger partial charge in [0.05, 0.1) is 12.8 Å². The smallest absolute Gasteiger partial charge is 0.198 e. The van der Waals surface area contributed by atoms with Crippen molar-refractivity contribution >= 4 is 34.6 Å². The van der Waals surface area contributed by atoms with Crippen LogP contribution in [0.4, 0.5) is 11.4 Å². The van der Waals surface area contributed by atoms with Crippen molar-refractivity contribution in [3.05, 3.63) is 119 Å². The summed E-state index contributed by atoms with van der Waals surface area (Å²) in [4.78, 5) is 14.7. The predicted molar refractivity (Wildman–Crippen MR) is 147 cm³/mol. The second-order valence-electron chi connectivity index (χ2n) is 8.56. The van der Waals surface area contributed by atoms with Crippen LogP contribution >= 0.6 is 11.6 Å². The molecular weight excluding hydrogens is 486 g/mol. The quantitative estimate of drug-likeness (QED) is 0.259. The summed E-state index contributed by atoms with van der Waals surface area (Å²) in [5, 5.41) is 7.33. The first-order chi connectivity index (χ1) is 18.0. The molecule has 37 heavy (non-hydrogen) atoms. The number of halogens is 1. The van der Waals surface area contributed by atoms with Crippen molar-refractivity contribution in [2.45, 2.75) is 19.7 Å². The lowest BCUT2D eigenvalue weighted by atomic mass is 10.1. The fourth-order valence-electron chi connectivity index (χ4n) is 4.30. The number of hydrazone groups is 1. The predicted octanol–water partition coefficient (Wildman–Crippen LogP) is 6.86. The lowest BCUT2D eigenvalue weighted by Gasteiger charge is -2.32. The topological polar surface area (TPSA) is 54.4 Å². The Labute approximate surface area is 221 Å². The van der Waals surface area contributed by atoms with Crippen LogP contribution in [-0.4, -0.2) is 18.7 Å². The van der Waals surface area contributed by atoms with Crippen LogP contribution in [0.1, 0.15) is 24.2 Å². The number of rotatable bonds is 8. The van der Waals surface area contributed by atoms with Gasteiger partial charge in [0.15, 0.2) is 29.3 Å². The fraction of sp³-hybridized carbons (Fsp3) is 0.133. The molecule has 0 saturated heterocycles. The van der Waals surface area contributed by atoms with Gasteiger partial charge in [-0.2, -0.15) is 0 Å². The third kappa shape index (κ3) is 5.15. The first-order valence-corrected chi connectivity index (χ1v) is 12.3. The van der Waals surface area contributed by atoms with Crippen LogP contribution in [0.25, 0.3) is 0 Å². The van der Waals surface area contributed by atoms with Gasteiger partial charge in [-0.1, -0.05) is 66.2 Å². The highest BCUT2D eigenvalue weighted by molar-refractivity contribution is 6.44. The van der Waals surface area contributed by atoms with E-state index in [1.165, 1.54) is 6.92 Å². The van der Waals surface area contributed by atoms with E-state index >= 15 is 0 Å². The Kier molecular flexibility index (Phi) is 7.10. The number of hydrogen-bond donors (Lipinski definition) is 0. The van der Waals surface area contributed by atoms with E-state index in [9.17, 15) is 4.79 Å². The lowest BCUT2D eigenvalue weighted by molar-refractivity contribution is -0.111. The number of hydrogen-bond acceptors (Lipinski definition) is 6. The maximum Gasteiger partial charge on any atom is 0.198 e. The number of methoxy groups -OCH3 is 1. The molecule has 1 aliphatic heterocycles. The van der Waals surface area contributed by atoms with Crippen LogP contribution in [0.2, 0.25) is 5.02 Å². The minimum Gasteiger partial charge on any atom is -0.493 e. The molecule has 6 nitrogen and oxygen atoms in total. The van der Waals surface area contributed by atoms with Crippen LogP contribution in [0, 0.1) is 0 Å². The second-order valence-corrected chi connectivity index (χ2v) is 9.00. The van der Waals surface area contributed by atoms with E-state index in [1.54, 1.807) is 7.11 Å². The summed E-state index contributed by atoms with van der Waals surface area (Å²) in [5.74, 6) is 1.44. The van der Waals surface area contributed by atoms with Gasteiger partial charge in [0.2, 0.25) is 0 Å². The Morgan fingerprint density at radius 1 is 0.865 bits per heavy atom. The molecule has 4 aromatic rings. The maximum absolute atomic E-state index is 12.7. The third-order valence-corrected chi connectivity index (χ3v) is 6.32. The summed E-state index contributed by atoms with van der Waals surface area (Å²) in [5.41, 5.74) is 3.62. The molecule has 0 spiro atoms. The lowest BCUT2D eigenvalue weighted by Crippen LogP contribution is -2.37. The number of Topliss-reactive ketones (excluding diaryl/α,β-unsaturated/α-hetero) is 1. The van der Waals surface area contributed by atoms with Crippen LogP contribution in [0.3, 0.4) is 0 Å². The molecule has 0 bridgehead atoms. The molecular formula is C30H26ClN3O3. The molecule has 5 rings (SSSR count). The zero-order chi connectivity index (χ0) is 25.8. The van der Waals surface area contributed by atoms with Crippen LogP contribution in [0.5, 0.6) is 11.5 Å². The number of nitrogens with zero attached hydrogens (tertiary/aromatic N) is 3. The monoisotopic (exact) mass is 511 g/mol. The Morgan fingerprint density at radius 2 is 1.51 bits per heavy atom. The van der Waals surface area contributed by atoms with E-state index in [1.807, 2.05) is 113 Å². The molecule has 1 unspecified atom stereocenters. The Bertz CT molecular complexity index is 1410. The van der Waals surface area contributed by atoms with E-state index in [0.717, 1.165) is 22.5 Å². The number of ketones is 1. The Balaban J connectivity index is 1.54. The summed E-state index contributed by atoms with van der Waals surface area (Å²) in [6, 6.07) is 32.9. The molecule has 186 valence electrons. The molecule has 1 aliphatic rings. The van der Waals surface area contributed by atoms with Crippen molar-refractivity contribution in [1.29, 1.82) is 0 Å². The molecule has 4 aromatic carbocycles. The van der Waals surface area contributed by atoms with E-state index in [4.69, 9.17) is 26.2 Å². The molecule has 0 N–H and O–H groups in total. The molecule has 0 saturated carbocycles. The minimum absolute atomic E-state index is 0.123. The molecule has 0 radical (unpaired) electrons. The summed E-state index contributed by atoms with van der Waals surface area (Å²) >= 11 is 6.00. The fourth-order valence-corrected chi connectivity index (χ4v) is 4.42. The van der Waals surface area contributed by atoms with Gasteiger partial charge in [0.25, 0.3) is 0 Å². The van der Waals surface area contributed by atoms with Gasteiger partial charge >= 0.3 is 0 Å². The zero-order valence-corrected chi connectivity index (χ0v) is 21.3. The molecule has 0 fully saturated rings. The molecule has 7 heteroatoms. The van der Waals surface area contributed by atoms with Crippen molar-refractivity contribution in [3.8, 4) is 11.5 Å². The first-order valence-electron chi connectivity index (χ1n) is 11.9. The summed E-state index contributed by atoms with van der Waals surface area (Å²) in [6.07, 6.45) is -0.414. The number of ether oxygens (including phenoxy) is 2. The van der Waals surface area contributed by atoms with Crippen molar-refractivity contribution in [2.75, 3.05) is 17.0 Å². The summed E-state index contributed by atoms with van der Waals surface area (Å²) < 4.78 is 11.8. The van der Waals surface area contributed by atoms with Gasteiger partial charge in [0.1, 0.15) is 6.61 Å². The van der Waals surface area contributed by atoms with E-state index in [-0.39, 0.29) is 5.78 Å². The normalized spacial score (nSPS) is 14.9. The number of benzene rings is 4. The average molecular weight is 512 g/mol. The van der Waals surface area contributed by atoms with Gasteiger partial charge in [-0.15, -0.1) is 5.10 Å². The first kappa shape index (κ1) is 24.4. The third-order valence-electron chi connectivity index (χ3n) is 6.07. The molecule has 0 aromatic heterocycles. The van der Waals surface area contributed by atoms with E-state index < -0.39 is 6.17 Å². The van der Waals surface area contributed by atoms with Crippen LogP contribution < -0.4 is 19.4 Å². The number of para-hydroxylation sites is 2. The van der Waals surface area contributed by atoms with Crippen molar-refractivity contribution in [2.24, 2.45) is 5.10 Å². The largest absolute Gasteiger partial charge is 0.493 e. The number of carbonyl (C=O) groups is 1. The minimum atomic E-state index is -0.414. The van der Waals surface area contributed by atoms with Gasteiger partial charge in [-0.25, -0.2) is 5.01 Å². The summed E-state index contributed by atoms with van der Waals surface area (Å²) in [6.45, 7) is 1.91. The highest BCUT2D eigenvalue weighted by Crippen LogP contribution is 2.41. The SMILES string of the molecule is COc1cc(C2N(c3ccccc3)N=C(C(C)=O)N2c2ccccc2)ccc1OCc1ccc(Cl)cc1. The maximum atomic E-state index is 12.7. The Hall–Kier alpha value is -4.29. The van der Waals surface area contributed by atoms with Crippen LogP contribution in [0.15, 0.2) is 108 Å². The average Bonchev–Trinajstić information content (AvgIpc) is 3.35. The summed E-state index contributed by atoms with van der Waals surface area (Å²) in [7, 11) is 1.62. The number of anilines is 2. The zero-order valence-electron chi connectivity index (χ0n) is 20.5. The van der Waals surface area contributed by atoms with E-state index in [2.05, 4.69) is 0 Å². The molecule has 0 aliphatic carbocycles. The van der Waals surface area contributed by atoms with E-state index in [0.29, 0.717) is 29.0 Å². The molecule has 0 amide bonds. The van der Waals surface area contributed by atoms with Crippen LogP contribution in [-0.2, 0) is 11.4 Å². The number of amidine groups is 1. The van der Waals surface area contributed by atoms with Crippen molar-refractivity contribution in [3.63, 3.8) is 0 Å². The molecule has 1 heterocycles. The highest BCUT2D eigenvalue weighted by atomic mass is 35.5. The highest BCUT2D eigenvalue weighted by Gasteiger charge is 2.39. The van der Waals surface area contributed by atoms with Gasteiger partial charge in [-0.05, 0) is 54.1 Å². The van der Waals surface area contributed by atoms with Crippen molar-refractivity contribution in [1.82, 2.24) is 0 Å². The number of carbonyl (C=O) groups excluding carboxylic acids is 1. The van der Waals surface area contributed by atoms with Gasteiger partial charge < -0.3 is 9.47 Å². The van der Waals surface area contributed by atoms with Crippen molar-refractivity contribution < 1.29 is 14.3 Å². The van der Waals surface area contributed by atoms with Gasteiger partial charge in [0, 0.05) is 23.2 Å². The van der Waals surface area contributed by atoms with Gasteiger partial charge in [-0.3, -0.25) is 9.69 Å². The second kappa shape index (κ2) is 10.8.